The molecule has 3 heterocycles. The molecule has 0 saturated heterocycles. The Morgan fingerprint density at radius 2 is 1.65 bits per heavy atom. The zero-order valence-electron chi connectivity index (χ0n) is 24.5. The summed E-state index contributed by atoms with van der Waals surface area (Å²) in [4.78, 5) is 18.7. The highest BCUT2D eigenvalue weighted by Gasteiger charge is 2.16. The third-order valence-electron chi connectivity index (χ3n) is 7.04. The maximum atomic E-state index is 13.5. The highest BCUT2D eigenvalue weighted by atomic mass is 32.1. The molecule has 6 rings (SSSR count). The van der Waals surface area contributed by atoms with Crippen LogP contribution in [-0.4, -0.2) is 37.6 Å². The van der Waals surface area contributed by atoms with Gasteiger partial charge in [-0.1, -0.05) is 49.8 Å². The summed E-state index contributed by atoms with van der Waals surface area (Å²) in [6.45, 7) is 7.63. The largest absolute Gasteiger partial charge is 0.494 e. The first-order valence-electron chi connectivity index (χ1n) is 14.6. The average Bonchev–Trinajstić information content (AvgIpc) is 3.72. The zero-order chi connectivity index (χ0) is 29.8. The van der Waals surface area contributed by atoms with Crippen molar-refractivity contribution in [1.29, 1.82) is 0 Å². The van der Waals surface area contributed by atoms with Crippen LogP contribution >= 0.6 is 11.3 Å². The second-order valence-electron chi connectivity index (χ2n) is 10.3. The number of hydrogen-bond acceptors (Lipinski definition) is 7. The Balaban J connectivity index is 1.38. The second-order valence-corrected chi connectivity index (χ2v) is 11.3. The van der Waals surface area contributed by atoms with Crippen molar-refractivity contribution < 1.29 is 9.47 Å². The molecular weight excluding hydrogens is 558 g/mol. The third-order valence-corrected chi connectivity index (χ3v) is 8.00. The van der Waals surface area contributed by atoms with Gasteiger partial charge in [0.05, 0.1) is 23.4 Å². The number of thiazole rings is 1. The number of rotatable bonds is 11. The van der Waals surface area contributed by atoms with E-state index in [1.54, 1.807) is 0 Å². The van der Waals surface area contributed by atoms with E-state index < -0.39 is 0 Å². The predicted molar refractivity (Wildman–Crippen MR) is 171 cm³/mol. The summed E-state index contributed by atoms with van der Waals surface area (Å²) in [6, 6.07) is 23.6. The van der Waals surface area contributed by atoms with E-state index in [4.69, 9.17) is 14.6 Å². The van der Waals surface area contributed by atoms with Gasteiger partial charge in [0.1, 0.15) is 17.2 Å². The van der Waals surface area contributed by atoms with Crippen molar-refractivity contribution in [3.8, 4) is 39.8 Å². The molecule has 9 heteroatoms. The molecule has 43 heavy (non-hydrogen) atoms. The van der Waals surface area contributed by atoms with Crippen LogP contribution in [0.1, 0.15) is 44.2 Å². The van der Waals surface area contributed by atoms with Gasteiger partial charge < -0.3 is 9.47 Å². The van der Waals surface area contributed by atoms with Crippen LogP contribution < -0.4 is 19.6 Å². The molecule has 0 aliphatic carbocycles. The Morgan fingerprint density at radius 1 is 0.884 bits per heavy atom. The molecule has 0 aliphatic heterocycles. The molecule has 6 aromatic rings. The van der Waals surface area contributed by atoms with Crippen LogP contribution in [0.4, 0.5) is 0 Å². The molecule has 0 aliphatic rings. The molecule has 0 amide bonds. The van der Waals surface area contributed by atoms with Gasteiger partial charge in [-0.05, 0) is 86.0 Å². The summed E-state index contributed by atoms with van der Waals surface area (Å²) in [6.07, 6.45) is 6.88. The van der Waals surface area contributed by atoms with Crippen molar-refractivity contribution in [1.82, 2.24) is 24.4 Å². The van der Waals surface area contributed by atoms with E-state index in [1.165, 1.54) is 15.9 Å². The Hall–Kier alpha value is -4.76. The topological polar surface area (TPSA) is 83.5 Å². The summed E-state index contributed by atoms with van der Waals surface area (Å²) in [5, 5.41) is 9.49. The molecule has 8 nitrogen and oxygen atoms in total. The SMILES string of the molecule is CCCCOc1ccc(-c2nn(-c3ccccc3)cc2/C=c2\sc3nc(-c4ccc(OCCC)cc4)nn3c2=O)c(C)c1. The average molecular weight is 592 g/mol. The molecule has 218 valence electrons. The van der Waals surface area contributed by atoms with E-state index >= 15 is 0 Å². The van der Waals surface area contributed by atoms with E-state index in [9.17, 15) is 4.79 Å². The van der Waals surface area contributed by atoms with Crippen molar-refractivity contribution in [3.63, 3.8) is 0 Å². The molecule has 3 aromatic carbocycles. The monoisotopic (exact) mass is 591 g/mol. The summed E-state index contributed by atoms with van der Waals surface area (Å²) in [5.41, 5.74) is 5.18. The lowest BCUT2D eigenvalue weighted by molar-refractivity contribution is 0.309. The number of aromatic nitrogens is 5. The fourth-order valence-corrected chi connectivity index (χ4v) is 5.66. The van der Waals surface area contributed by atoms with E-state index in [-0.39, 0.29) is 5.56 Å². The molecule has 0 N–H and O–H groups in total. The highest BCUT2D eigenvalue weighted by Crippen LogP contribution is 2.30. The quantitative estimate of drug-likeness (QED) is 0.160. The van der Waals surface area contributed by atoms with Crippen LogP contribution in [0.3, 0.4) is 0 Å². The van der Waals surface area contributed by atoms with Crippen LogP contribution in [0.25, 0.3) is 39.4 Å². The van der Waals surface area contributed by atoms with Crippen LogP contribution in [0, 0.1) is 6.92 Å². The van der Waals surface area contributed by atoms with Crippen LogP contribution in [0.5, 0.6) is 11.5 Å². The Labute approximate surface area is 253 Å². The van der Waals surface area contributed by atoms with Gasteiger partial charge in [0.2, 0.25) is 4.96 Å². The minimum atomic E-state index is -0.212. The van der Waals surface area contributed by atoms with Crippen molar-refractivity contribution in [2.45, 2.75) is 40.0 Å². The molecule has 0 spiro atoms. The Bertz CT molecular complexity index is 1960. The van der Waals surface area contributed by atoms with Gasteiger partial charge in [-0.15, -0.1) is 5.10 Å². The summed E-state index contributed by atoms with van der Waals surface area (Å²) in [5.74, 6) is 2.15. The molecular formula is C34H33N5O3S. The maximum Gasteiger partial charge on any atom is 0.291 e. The lowest BCUT2D eigenvalue weighted by Crippen LogP contribution is -2.23. The van der Waals surface area contributed by atoms with Crippen LogP contribution in [-0.2, 0) is 0 Å². The summed E-state index contributed by atoms with van der Waals surface area (Å²) >= 11 is 1.31. The van der Waals surface area contributed by atoms with E-state index in [0.29, 0.717) is 28.5 Å². The number of para-hydroxylation sites is 1. The fourth-order valence-electron chi connectivity index (χ4n) is 4.76. The highest BCUT2D eigenvalue weighted by molar-refractivity contribution is 7.15. The fraction of sp³-hybridized carbons (Fsp3) is 0.235. The first-order valence-corrected chi connectivity index (χ1v) is 15.4. The number of unbranched alkanes of at least 4 members (excludes halogenated alkanes) is 1. The number of aryl methyl sites for hydroxylation is 1. The first-order chi connectivity index (χ1) is 21.0. The minimum absolute atomic E-state index is 0.212. The van der Waals surface area contributed by atoms with Gasteiger partial charge in [-0.3, -0.25) is 4.79 Å². The number of benzene rings is 3. The number of fused-ring (bicyclic) bond motifs is 1. The Morgan fingerprint density at radius 3 is 2.37 bits per heavy atom. The van der Waals surface area contributed by atoms with E-state index in [2.05, 4.69) is 30.9 Å². The predicted octanol–water partition coefficient (Wildman–Crippen LogP) is 6.49. The lowest BCUT2D eigenvalue weighted by Gasteiger charge is -2.09. The second kappa shape index (κ2) is 12.6. The number of hydrogen-bond donors (Lipinski definition) is 0. The number of nitrogens with zero attached hydrogens (tertiary/aromatic N) is 5. The molecule has 0 radical (unpaired) electrons. The molecule has 0 unspecified atom stereocenters. The molecule has 0 saturated carbocycles. The smallest absolute Gasteiger partial charge is 0.291 e. The number of ether oxygens (including phenoxy) is 2. The standard InChI is InChI=1S/C34H33N5O3S/c1-4-6-19-42-28-16-17-29(23(3)20-28)31-25(22-38(36-31)26-10-8-7-9-11-26)21-30-33(40)39-34(43-30)35-32(37-39)24-12-14-27(15-13-24)41-18-5-2/h7-17,20-22H,4-6,18-19H2,1-3H3/b30-21-. The molecule has 3 aromatic heterocycles. The third kappa shape index (κ3) is 6.08. The van der Waals surface area contributed by atoms with E-state index in [0.717, 1.165) is 64.4 Å². The molecule has 0 bridgehead atoms. The van der Waals surface area contributed by atoms with Gasteiger partial charge in [0, 0.05) is 22.9 Å². The van der Waals surface area contributed by atoms with Crippen LogP contribution in [0.2, 0.25) is 0 Å². The lowest BCUT2D eigenvalue weighted by atomic mass is 10.0. The molecule has 0 atom stereocenters. The van der Waals surface area contributed by atoms with Crippen LogP contribution in [0.15, 0.2) is 83.8 Å². The van der Waals surface area contributed by atoms with Crippen molar-refractivity contribution >= 4 is 22.4 Å². The van der Waals surface area contributed by atoms with Gasteiger partial charge in [-0.25, -0.2) is 4.68 Å². The summed E-state index contributed by atoms with van der Waals surface area (Å²) < 4.78 is 15.4. The van der Waals surface area contributed by atoms with E-state index in [1.807, 2.05) is 89.8 Å². The van der Waals surface area contributed by atoms with Crippen molar-refractivity contribution in [3.05, 3.63) is 105 Å². The minimum Gasteiger partial charge on any atom is -0.494 e. The summed E-state index contributed by atoms with van der Waals surface area (Å²) in [7, 11) is 0. The first kappa shape index (κ1) is 28.4. The van der Waals surface area contributed by atoms with Gasteiger partial charge in [0.25, 0.3) is 5.56 Å². The Kier molecular flexibility index (Phi) is 8.33. The van der Waals surface area contributed by atoms with Gasteiger partial charge in [-0.2, -0.15) is 14.6 Å². The van der Waals surface area contributed by atoms with Gasteiger partial charge >= 0.3 is 0 Å². The van der Waals surface area contributed by atoms with Crippen molar-refractivity contribution in [2.75, 3.05) is 13.2 Å². The van der Waals surface area contributed by atoms with Crippen molar-refractivity contribution in [2.24, 2.45) is 0 Å². The van der Waals surface area contributed by atoms with Gasteiger partial charge in [0.15, 0.2) is 5.82 Å². The normalized spacial score (nSPS) is 11.8. The zero-order valence-corrected chi connectivity index (χ0v) is 25.3. The molecule has 0 fully saturated rings. The maximum absolute atomic E-state index is 13.5.